The number of aromatic nitrogens is 1. The Morgan fingerprint density at radius 3 is 2.54 bits per heavy atom. The van der Waals surface area contributed by atoms with E-state index in [0.29, 0.717) is 11.3 Å². The number of benzene rings is 2. The van der Waals surface area contributed by atoms with Crippen LogP contribution in [0.15, 0.2) is 48.7 Å². The first-order chi connectivity index (χ1) is 12.3. The molecule has 4 nitrogen and oxygen atoms in total. The van der Waals surface area contributed by atoms with Crippen LogP contribution in [0.4, 0.5) is 5.69 Å². The molecule has 134 valence electrons. The molecule has 0 bridgehead atoms. The summed E-state index contributed by atoms with van der Waals surface area (Å²) >= 11 is 0. The summed E-state index contributed by atoms with van der Waals surface area (Å²) in [6.07, 6.45) is 1.64. The maximum Gasteiger partial charge on any atom is 0.255 e. The van der Waals surface area contributed by atoms with E-state index >= 15 is 0 Å². The lowest BCUT2D eigenvalue weighted by Crippen LogP contribution is -2.16. The van der Waals surface area contributed by atoms with Crippen LogP contribution in [0.5, 0.6) is 0 Å². The number of rotatable bonds is 3. The summed E-state index contributed by atoms with van der Waals surface area (Å²) in [5, 5.41) is 13.1. The minimum atomic E-state index is -0.143. The number of amides is 1. The lowest BCUT2D eigenvalue weighted by molar-refractivity contribution is 0.102. The van der Waals surface area contributed by atoms with Crippen LogP contribution in [-0.2, 0) is 12.0 Å². The van der Waals surface area contributed by atoms with Crippen LogP contribution in [0.25, 0.3) is 10.9 Å². The molecule has 3 rings (SSSR count). The second-order valence-corrected chi connectivity index (χ2v) is 7.64. The van der Waals surface area contributed by atoms with Gasteiger partial charge in [0.05, 0.1) is 24.0 Å². The predicted molar refractivity (Wildman–Crippen MR) is 105 cm³/mol. The van der Waals surface area contributed by atoms with Crippen LogP contribution in [-0.4, -0.2) is 16.0 Å². The molecular weight excluding hydrogens is 324 g/mol. The van der Waals surface area contributed by atoms with Crippen LogP contribution < -0.4 is 5.32 Å². The number of carbonyl (C=O) groups is 1. The van der Waals surface area contributed by atoms with E-state index in [1.807, 2.05) is 43.3 Å². The summed E-state index contributed by atoms with van der Waals surface area (Å²) in [6.45, 7) is 8.42. The largest absolute Gasteiger partial charge is 0.392 e. The van der Waals surface area contributed by atoms with E-state index in [0.717, 1.165) is 22.0 Å². The van der Waals surface area contributed by atoms with Gasteiger partial charge in [-0.3, -0.25) is 9.78 Å². The Hall–Kier alpha value is -2.72. The molecule has 0 unspecified atom stereocenters. The first-order valence-electron chi connectivity index (χ1n) is 8.70. The number of anilines is 1. The van der Waals surface area contributed by atoms with E-state index in [1.54, 1.807) is 6.20 Å². The standard InChI is InChI=1S/C22H24N2O2/c1-14-9-17(22(2,3)4)7-8-19(14)21(26)24-18-11-16-6-5-15(13-25)10-20(16)23-12-18/h5-12,25H,13H2,1-4H3,(H,24,26). The van der Waals surface area contributed by atoms with Gasteiger partial charge in [0, 0.05) is 10.9 Å². The molecule has 0 fully saturated rings. The van der Waals surface area contributed by atoms with Crippen molar-refractivity contribution in [1.29, 1.82) is 0 Å². The predicted octanol–water partition coefficient (Wildman–Crippen LogP) is 4.59. The van der Waals surface area contributed by atoms with E-state index in [1.165, 1.54) is 5.56 Å². The smallest absolute Gasteiger partial charge is 0.255 e. The minimum absolute atomic E-state index is 0.0139. The Kier molecular flexibility index (Phi) is 4.79. The number of nitrogens with one attached hydrogen (secondary N) is 1. The molecule has 0 atom stereocenters. The SMILES string of the molecule is Cc1cc(C(C)(C)C)ccc1C(=O)Nc1cnc2cc(CO)ccc2c1. The van der Waals surface area contributed by atoms with Crippen molar-refractivity contribution in [1.82, 2.24) is 4.98 Å². The van der Waals surface area contributed by atoms with Gasteiger partial charge in [0.15, 0.2) is 0 Å². The van der Waals surface area contributed by atoms with Crippen molar-refractivity contribution in [3.8, 4) is 0 Å². The molecular formula is C22H24N2O2. The van der Waals surface area contributed by atoms with E-state index in [-0.39, 0.29) is 17.9 Å². The molecule has 0 radical (unpaired) electrons. The number of nitrogens with zero attached hydrogens (tertiary/aromatic N) is 1. The van der Waals surface area contributed by atoms with Crippen LogP contribution in [0, 0.1) is 6.92 Å². The molecule has 1 aromatic heterocycles. The Morgan fingerprint density at radius 2 is 1.88 bits per heavy atom. The quantitative estimate of drug-likeness (QED) is 0.728. The fourth-order valence-corrected chi connectivity index (χ4v) is 2.92. The number of hydrogen-bond acceptors (Lipinski definition) is 3. The van der Waals surface area contributed by atoms with Gasteiger partial charge in [-0.25, -0.2) is 0 Å². The van der Waals surface area contributed by atoms with Gasteiger partial charge in [0.1, 0.15) is 0 Å². The molecule has 0 aliphatic heterocycles. The maximum atomic E-state index is 12.7. The van der Waals surface area contributed by atoms with Crippen LogP contribution in [0.2, 0.25) is 0 Å². The van der Waals surface area contributed by atoms with Crippen LogP contribution in [0.3, 0.4) is 0 Å². The fraction of sp³-hybridized carbons (Fsp3) is 0.273. The second kappa shape index (κ2) is 6.89. The number of pyridine rings is 1. The van der Waals surface area contributed by atoms with Crippen molar-refractivity contribution < 1.29 is 9.90 Å². The summed E-state index contributed by atoms with van der Waals surface area (Å²) < 4.78 is 0. The molecule has 0 saturated carbocycles. The van der Waals surface area contributed by atoms with Crippen molar-refractivity contribution >= 4 is 22.5 Å². The maximum absolute atomic E-state index is 12.7. The molecule has 1 amide bonds. The Balaban J connectivity index is 1.84. The molecule has 0 spiro atoms. The van der Waals surface area contributed by atoms with Gasteiger partial charge in [0.25, 0.3) is 5.91 Å². The van der Waals surface area contributed by atoms with Gasteiger partial charge < -0.3 is 10.4 Å². The third-order valence-corrected chi connectivity index (χ3v) is 4.53. The van der Waals surface area contributed by atoms with Crippen molar-refractivity contribution in [3.05, 3.63) is 70.9 Å². The third kappa shape index (κ3) is 3.75. The number of aliphatic hydroxyl groups excluding tert-OH is 1. The number of aryl methyl sites for hydroxylation is 1. The molecule has 2 N–H and O–H groups in total. The van der Waals surface area contributed by atoms with Gasteiger partial charge in [-0.1, -0.05) is 45.0 Å². The van der Waals surface area contributed by atoms with Gasteiger partial charge >= 0.3 is 0 Å². The zero-order valence-electron chi connectivity index (χ0n) is 15.6. The monoisotopic (exact) mass is 348 g/mol. The molecule has 0 saturated heterocycles. The molecule has 0 aliphatic carbocycles. The minimum Gasteiger partial charge on any atom is -0.392 e. The van der Waals surface area contributed by atoms with Crippen LogP contribution >= 0.6 is 0 Å². The highest BCUT2D eigenvalue weighted by Crippen LogP contribution is 2.25. The molecule has 26 heavy (non-hydrogen) atoms. The fourth-order valence-electron chi connectivity index (χ4n) is 2.92. The Morgan fingerprint density at radius 1 is 1.12 bits per heavy atom. The first-order valence-corrected chi connectivity index (χ1v) is 8.70. The summed E-state index contributed by atoms with van der Waals surface area (Å²) in [7, 11) is 0. The second-order valence-electron chi connectivity index (χ2n) is 7.64. The summed E-state index contributed by atoms with van der Waals surface area (Å²) in [5.41, 5.74) is 5.13. The zero-order valence-corrected chi connectivity index (χ0v) is 15.6. The lowest BCUT2D eigenvalue weighted by Gasteiger charge is -2.20. The van der Waals surface area contributed by atoms with Crippen LogP contribution in [0.1, 0.15) is 47.8 Å². The zero-order chi connectivity index (χ0) is 18.9. The van der Waals surface area contributed by atoms with Gasteiger partial charge in [-0.05, 0) is 47.2 Å². The van der Waals surface area contributed by atoms with Gasteiger partial charge in [0.2, 0.25) is 0 Å². The van der Waals surface area contributed by atoms with E-state index in [4.69, 9.17) is 0 Å². The topological polar surface area (TPSA) is 62.2 Å². The average molecular weight is 348 g/mol. The molecule has 2 aromatic carbocycles. The van der Waals surface area contributed by atoms with Gasteiger partial charge in [-0.2, -0.15) is 0 Å². The highest BCUT2D eigenvalue weighted by atomic mass is 16.3. The number of hydrogen-bond donors (Lipinski definition) is 2. The van der Waals surface area contributed by atoms with Crippen molar-refractivity contribution in [2.75, 3.05) is 5.32 Å². The normalized spacial score (nSPS) is 11.6. The van der Waals surface area contributed by atoms with Gasteiger partial charge in [-0.15, -0.1) is 0 Å². The van der Waals surface area contributed by atoms with E-state index in [9.17, 15) is 9.90 Å². The van der Waals surface area contributed by atoms with Crippen molar-refractivity contribution in [2.45, 2.75) is 39.7 Å². The Bertz CT molecular complexity index is 972. The van der Waals surface area contributed by atoms with E-state index < -0.39 is 0 Å². The number of fused-ring (bicyclic) bond motifs is 1. The Labute approximate surface area is 153 Å². The molecule has 1 heterocycles. The summed E-state index contributed by atoms with van der Waals surface area (Å²) in [4.78, 5) is 17.0. The molecule has 3 aromatic rings. The molecule has 4 heteroatoms. The van der Waals surface area contributed by atoms with E-state index in [2.05, 4.69) is 37.1 Å². The lowest BCUT2D eigenvalue weighted by atomic mass is 9.85. The summed E-state index contributed by atoms with van der Waals surface area (Å²) in [5.74, 6) is -0.143. The third-order valence-electron chi connectivity index (χ3n) is 4.53. The first kappa shape index (κ1) is 18.1. The molecule has 0 aliphatic rings. The summed E-state index contributed by atoms with van der Waals surface area (Å²) in [6, 6.07) is 13.4. The van der Waals surface area contributed by atoms with Crippen molar-refractivity contribution in [2.24, 2.45) is 0 Å². The highest BCUT2D eigenvalue weighted by Gasteiger charge is 2.17. The van der Waals surface area contributed by atoms with Crippen molar-refractivity contribution in [3.63, 3.8) is 0 Å². The number of carbonyl (C=O) groups excluding carboxylic acids is 1. The highest BCUT2D eigenvalue weighted by molar-refractivity contribution is 6.05. The average Bonchev–Trinajstić information content (AvgIpc) is 2.60. The number of aliphatic hydroxyl groups is 1.